The van der Waals surface area contributed by atoms with Gasteiger partial charge in [-0.05, 0) is 19.4 Å². The van der Waals surface area contributed by atoms with Crippen molar-refractivity contribution in [2.75, 3.05) is 12.9 Å². The Labute approximate surface area is 90.9 Å². The SMILES string of the molecule is COc1c(C)cc(C)cc1C(N)CS. The van der Waals surface area contributed by atoms with Crippen molar-refractivity contribution in [3.8, 4) is 5.75 Å². The molecule has 0 amide bonds. The molecule has 0 aliphatic heterocycles. The fraction of sp³-hybridized carbons (Fsp3) is 0.455. The van der Waals surface area contributed by atoms with Gasteiger partial charge in [0.1, 0.15) is 5.75 Å². The molecule has 0 heterocycles. The number of nitrogens with two attached hydrogens (primary N) is 1. The van der Waals surface area contributed by atoms with Crippen LogP contribution < -0.4 is 10.5 Å². The summed E-state index contributed by atoms with van der Waals surface area (Å²) in [6.45, 7) is 4.09. The van der Waals surface area contributed by atoms with Crippen LogP contribution in [-0.2, 0) is 0 Å². The van der Waals surface area contributed by atoms with Gasteiger partial charge in [-0.15, -0.1) is 0 Å². The van der Waals surface area contributed by atoms with Gasteiger partial charge in [-0.3, -0.25) is 0 Å². The van der Waals surface area contributed by atoms with Gasteiger partial charge in [-0.25, -0.2) is 0 Å². The second kappa shape index (κ2) is 4.71. The average molecular weight is 211 g/mol. The second-order valence-electron chi connectivity index (χ2n) is 3.49. The Morgan fingerprint density at radius 2 is 2.07 bits per heavy atom. The summed E-state index contributed by atoms with van der Waals surface area (Å²) in [6, 6.07) is 4.09. The van der Waals surface area contributed by atoms with Crippen molar-refractivity contribution in [1.82, 2.24) is 0 Å². The monoisotopic (exact) mass is 211 g/mol. The van der Waals surface area contributed by atoms with Gasteiger partial charge in [-0.1, -0.05) is 17.7 Å². The molecule has 0 radical (unpaired) electrons. The van der Waals surface area contributed by atoms with E-state index < -0.39 is 0 Å². The highest BCUT2D eigenvalue weighted by Crippen LogP contribution is 2.29. The van der Waals surface area contributed by atoms with Crippen molar-refractivity contribution < 1.29 is 4.74 Å². The van der Waals surface area contributed by atoms with Crippen LogP contribution in [0.25, 0.3) is 0 Å². The third-order valence-corrected chi connectivity index (χ3v) is 2.64. The van der Waals surface area contributed by atoms with Gasteiger partial charge in [0.2, 0.25) is 0 Å². The van der Waals surface area contributed by atoms with E-state index in [-0.39, 0.29) is 6.04 Å². The smallest absolute Gasteiger partial charge is 0.126 e. The Bertz CT molecular complexity index is 325. The van der Waals surface area contributed by atoms with E-state index in [1.54, 1.807) is 7.11 Å². The molecule has 14 heavy (non-hydrogen) atoms. The van der Waals surface area contributed by atoms with E-state index in [9.17, 15) is 0 Å². The molecule has 3 heteroatoms. The third-order valence-electron chi connectivity index (χ3n) is 2.25. The molecule has 1 aromatic rings. The van der Waals surface area contributed by atoms with Gasteiger partial charge in [-0.2, -0.15) is 12.6 Å². The van der Waals surface area contributed by atoms with E-state index >= 15 is 0 Å². The lowest BCUT2D eigenvalue weighted by atomic mass is 10.0. The summed E-state index contributed by atoms with van der Waals surface area (Å²) < 4.78 is 5.34. The Morgan fingerprint density at radius 3 is 2.57 bits per heavy atom. The van der Waals surface area contributed by atoms with E-state index in [4.69, 9.17) is 10.5 Å². The molecule has 2 nitrogen and oxygen atoms in total. The van der Waals surface area contributed by atoms with Crippen molar-refractivity contribution in [1.29, 1.82) is 0 Å². The maximum absolute atomic E-state index is 5.95. The van der Waals surface area contributed by atoms with Gasteiger partial charge in [0, 0.05) is 17.4 Å². The number of hydrogen-bond donors (Lipinski definition) is 2. The predicted molar refractivity (Wildman–Crippen MR) is 63.2 cm³/mol. The Kier molecular flexibility index (Phi) is 3.84. The van der Waals surface area contributed by atoms with E-state index in [0.717, 1.165) is 16.9 Å². The first-order valence-electron chi connectivity index (χ1n) is 4.61. The number of thiol groups is 1. The summed E-state index contributed by atoms with van der Waals surface area (Å²) >= 11 is 4.20. The van der Waals surface area contributed by atoms with Crippen LogP contribution in [0.15, 0.2) is 12.1 Å². The molecular weight excluding hydrogens is 194 g/mol. The molecular formula is C11H17NOS. The third kappa shape index (κ3) is 2.22. The minimum atomic E-state index is -0.0631. The first-order chi connectivity index (χ1) is 6.60. The molecule has 1 atom stereocenters. The van der Waals surface area contributed by atoms with Crippen LogP contribution in [0.1, 0.15) is 22.7 Å². The van der Waals surface area contributed by atoms with Crippen molar-refractivity contribution >= 4 is 12.6 Å². The molecule has 78 valence electrons. The zero-order valence-electron chi connectivity index (χ0n) is 8.87. The molecule has 0 saturated carbocycles. The van der Waals surface area contributed by atoms with Gasteiger partial charge in [0.05, 0.1) is 7.11 Å². The molecule has 0 spiro atoms. The minimum Gasteiger partial charge on any atom is -0.496 e. The Morgan fingerprint density at radius 1 is 1.43 bits per heavy atom. The second-order valence-corrected chi connectivity index (χ2v) is 3.86. The molecule has 1 unspecified atom stereocenters. The largest absolute Gasteiger partial charge is 0.496 e. The number of ether oxygens (including phenoxy) is 1. The van der Waals surface area contributed by atoms with Crippen LogP contribution in [0.4, 0.5) is 0 Å². The summed E-state index contributed by atoms with van der Waals surface area (Å²) in [5.74, 6) is 1.51. The zero-order valence-corrected chi connectivity index (χ0v) is 9.77. The molecule has 0 aliphatic carbocycles. The highest BCUT2D eigenvalue weighted by molar-refractivity contribution is 7.80. The lowest BCUT2D eigenvalue weighted by Crippen LogP contribution is -2.13. The number of rotatable bonds is 3. The molecule has 0 fully saturated rings. The normalized spacial score (nSPS) is 12.6. The lowest BCUT2D eigenvalue weighted by Gasteiger charge is -2.16. The minimum absolute atomic E-state index is 0.0631. The van der Waals surface area contributed by atoms with Gasteiger partial charge in [0.25, 0.3) is 0 Å². The van der Waals surface area contributed by atoms with Crippen molar-refractivity contribution in [3.63, 3.8) is 0 Å². The molecule has 0 aliphatic rings. The van der Waals surface area contributed by atoms with Crippen LogP contribution >= 0.6 is 12.6 Å². The first kappa shape index (κ1) is 11.4. The van der Waals surface area contributed by atoms with E-state index in [1.165, 1.54) is 5.56 Å². The number of methoxy groups -OCH3 is 1. The van der Waals surface area contributed by atoms with Crippen molar-refractivity contribution in [2.45, 2.75) is 19.9 Å². The molecule has 1 rings (SSSR count). The van der Waals surface area contributed by atoms with E-state index in [0.29, 0.717) is 5.75 Å². The fourth-order valence-electron chi connectivity index (χ4n) is 1.64. The Balaban J connectivity index is 3.24. The summed E-state index contributed by atoms with van der Waals surface area (Å²) in [4.78, 5) is 0. The molecule has 0 aromatic heterocycles. The molecule has 1 aromatic carbocycles. The number of hydrogen-bond acceptors (Lipinski definition) is 3. The standard InChI is InChI=1S/C11H17NOS/c1-7-4-8(2)11(13-3)9(5-7)10(12)6-14/h4-5,10,14H,6,12H2,1-3H3. The number of benzene rings is 1. The van der Waals surface area contributed by atoms with Crippen LogP contribution in [-0.4, -0.2) is 12.9 Å². The van der Waals surface area contributed by atoms with Crippen LogP contribution in [0.5, 0.6) is 5.75 Å². The first-order valence-corrected chi connectivity index (χ1v) is 5.25. The number of aryl methyl sites for hydroxylation is 2. The molecule has 0 saturated heterocycles. The topological polar surface area (TPSA) is 35.2 Å². The fourth-order valence-corrected chi connectivity index (χ4v) is 1.84. The van der Waals surface area contributed by atoms with Gasteiger partial charge in [0.15, 0.2) is 0 Å². The Hall–Kier alpha value is -0.670. The van der Waals surface area contributed by atoms with Crippen LogP contribution in [0.3, 0.4) is 0 Å². The highest BCUT2D eigenvalue weighted by atomic mass is 32.1. The maximum Gasteiger partial charge on any atom is 0.126 e. The van der Waals surface area contributed by atoms with Crippen molar-refractivity contribution in [3.05, 3.63) is 28.8 Å². The predicted octanol–water partition coefficient (Wildman–Crippen LogP) is 2.24. The van der Waals surface area contributed by atoms with Crippen molar-refractivity contribution in [2.24, 2.45) is 5.73 Å². The molecule has 2 N–H and O–H groups in total. The average Bonchev–Trinajstić information content (AvgIpc) is 2.15. The maximum atomic E-state index is 5.95. The van der Waals surface area contributed by atoms with Crippen LogP contribution in [0.2, 0.25) is 0 Å². The summed E-state index contributed by atoms with van der Waals surface area (Å²) in [6.07, 6.45) is 0. The van der Waals surface area contributed by atoms with Gasteiger partial charge >= 0.3 is 0 Å². The quantitative estimate of drug-likeness (QED) is 0.752. The summed E-state index contributed by atoms with van der Waals surface area (Å²) in [5.41, 5.74) is 9.32. The van der Waals surface area contributed by atoms with Crippen LogP contribution in [0, 0.1) is 13.8 Å². The van der Waals surface area contributed by atoms with E-state index in [2.05, 4.69) is 31.7 Å². The summed E-state index contributed by atoms with van der Waals surface area (Å²) in [5, 5.41) is 0. The highest BCUT2D eigenvalue weighted by Gasteiger charge is 2.12. The molecule has 0 bridgehead atoms. The van der Waals surface area contributed by atoms with Gasteiger partial charge < -0.3 is 10.5 Å². The lowest BCUT2D eigenvalue weighted by molar-refractivity contribution is 0.404. The van der Waals surface area contributed by atoms with E-state index in [1.807, 2.05) is 6.92 Å². The summed E-state index contributed by atoms with van der Waals surface area (Å²) in [7, 11) is 1.67. The zero-order chi connectivity index (χ0) is 10.7.